The fraction of sp³-hybridized carbons (Fsp3) is 0.435. The predicted octanol–water partition coefficient (Wildman–Crippen LogP) is 4.99. The number of rotatable bonds is 7. The van der Waals surface area contributed by atoms with Crippen molar-refractivity contribution in [1.82, 2.24) is 14.5 Å². The standard InChI is InChI=1S/C23H29ClN4/c1-19-8-7-9-20(18-19)27-16-14-26(15-17-27)12-5-2-6-13-28-22-11-4-3-10-21(22)25-23(28)24/h3-4,7-11,18H,2,5-6,12-17H2,1H3. The van der Waals surface area contributed by atoms with Crippen molar-refractivity contribution in [3.8, 4) is 0 Å². The molecule has 0 atom stereocenters. The van der Waals surface area contributed by atoms with Gasteiger partial charge in [0.1, 0.15) is 0 Å². The Bertz CT molecular complexity index is 912. The van der Waals surface area contributed by atoms with Gasteiger partial charge in [-0.25, -0.2) is 4.98 Å². The lowest BCUT2D eigenvalue weighted by atomic mass is 10.1. The predicted molar refractivity (Wildman–Crippen MR) is 118 cm³/mol. The molecule has 0 N–H and O–H groups in total. The molecule has 5 heteroatoms. The Balaban J connectivity index is 1.18. The molecule has 148 valence electrons. The van der Waals surface area contributed by atoms with Crippen LogP contribution in [0, 0.1) is 6.92 Å². The normalized spacial score (nSPS) is 15.4. The molecule has 1 aromatic heterocycles. The summed E-state index contributed by atoms with van der Waals surface area (Å²) in [5.74, 6) is 0. The molecular formula is C23H29ClN4. The number of benzene rings is 2. The zero-order chi connectivity index (χ0) is 19.3. The van der Waals surface area contributed by atoms with Crippen molar-refractivity contribution < 1.29 is 0 Å². The molecule has 2 aromatic carbocycles. The van der Waals surface area contributed by atoms with Crippen LogP contribution in [0.5, 0.6) is 0 Å². The van der Waals surface area contributed by atoms with E-state index in [9.17, 15) is 0 Å². The minimum atomic E-state index is 0.605. The number of anilines is 1. The monoisotopic (exact) mass is 396 g/mol. The van der Waals surface area contributed by atoms with E-state index in [2.05, 4.69) is 56.6 Å². The SMILES string of the molecule is Cc1cccc(N2CCN(CCCCCn3c(Cl)nc4ccccc43)CC2)c1. The van der Waals surface area contributed by atoms with Gasteiger partial charge in [-0.05, 0) is 67.7 Å². The molecule has 0 amide bonds. The molecule has 1 fully saturated rings. The van der Waals surface area contributed by atoms with E-state index in [-0.39, 0.29) is 0 Å². The first kappa shape index (κ1) is 19.3. The minimum Gasteiger partial charge on any atom is -0.369 e. The summed E-state index contributed by atoms with van der Waals surface area (Å²) in [5.41, 5.74) is 4.83. The fourth-order valence-electron chi connectivity index (χ4n) is 4.10. The number of aromatic nitrogens is 2. The number of fused-ring (bicyclic) bond motifs is 1. The Morgan fingerprint density at radius 1 is 0.893 bits per heavy atom. The Kier molecular flexibility index (Phi) is 6.18. The van der Waals surface area contributed by atoms with E-state index in [0.717, 1.165) is 50.2 Å². The number of piperazine rings is 1. The van der Waals surface area contributed by atoms with Gasteiger partial charge in [0, 0.05) is 38.4 Å². The summed E-state index contributed by atoms with van der Waals surface area (Å²) in [6, 6.07) is 17.0. The molecule has 0 bridgehead atoms. The molecule has 0 saturated carbocycles. The van der Waals surface area contributed by atoms with Crippen molar-refractivity contribution in [3.63, 3.8) is 0 Å². The zero-order valence-corrected chi connectivity index (χ0v) is 17.4. The van der Waals surface area contributed by atoms with E-state index in [1.54, 1.807) is 0 Å². The van der Waals surface area contributed by atoms with Gasteiger partial charge in [-0.3, -0.25) is 4.90 Å². The first-order chi connectivity index (χ1) is 13.7. The Morgan fingerprint density at radius 2 is 1.68 bits per heavy atom. The Morgan fingerprint density at radius 3 is 2.50 bits per heavy atom. The highest BCUT2D eigenvalue weighted by Crippen LogP contribution is 2.21. The van der Waals surface area contributed by atoms with Crippen LogP contribution in [0.25, 0.3) is 11.0 Å². The van der Waals surface area contributed by atoms with Crippen LogP contribution >= 0.6 is 11.6 Å². The number of imidazole rings is 1. The van der Waals surface area contributed by atoms with Crippen molar-refractivity contribution in [2.24, 2.45) is 0 Å². The fourth-order valence-corrected chi connectivity index (χ4v) is 4.36. The van der Waals surface area contributed by atoms with E-state index in [1.807, 2.05) is 18.2 Å². The molecule has 0 unspecified atom stereocenters. The molecule has 0 spiro atoms. The van der Waals surface area contributed by atoms with Crippen molar-refractivity contribution in [1.29, 1.82) is 0 Å². The molecular weight excluding hydrogens is 368 g/mol. The highest BCUT2D eigenvalue weighted by atomic mass is 35.5. The third kappa shape index (κ3) is 4.50. The zero-order valence-electron chi connectivity index (χ0n) is 16.6. The smallest absolute Gasteiger partial charge is 0.203 e. The van der Waals surface area contributed by atoms with Crippen LogP contribution in [0.15, 0.2) is 48.5 Å². The van der Waals surface area contributed by atoms with Crippen LogP contribution in [-0.4, -0.2) is 47.2 Å². The number of para-hydroxylation sites is 2. The van der Waals surface area contributed by atoms with Crippen LogP contribution in [0.1, 0.15) is 24.8 Å². The summed E-state index contributed by atoms with van der Waals surface area (Å²) >= 11 is 6.32. The maximum Gasteiger partial charge on any atom is 0.203 e. The maximum absolute atomic E-state index is 6.32. The second kappa shape index (κ2) is 8.97. The molecule has 4 rings (SSSR count). The third-order valence-electron chi connectivity index (χ3n) is 5.70. The van der Waals surface area contributed by atoms with E-state index < -0.39 is 0 Å². The molecule has 28 heavy (non-hydrogen) atoms. The van der Waals surface area contributed by atoms with Crippen LogP contribution in [0.4, 0.5) is 5.69 Å². The van der Waals surface area contributed by atoms with E-state index in [1.165, 1.54) is 30.6 Å². The van der Waals surface area contributed by atoms with Gasteiger partial charge in [0.05, 0.1) is 11.0 Å². The van der Waals surface area contributed by atoms with E-state index >= 15 is 0 Å². The van der Waals surface area contributed by atoms with Gasteiger partial charge in [-0.1, -0.05) is 30.7 Å². The summed E-state index contributed by atoms with van der Waals surface area (Å²) < 4.78 is 2.14. The highest BCUT2D eigenvalue weighted by Gasteiger charge is 2.16. The molecule has 0 radical (unpaired) electrons. The molecule has 3 aromatic rings. The van der Waals surface area contributed by atoms with Gasteiger partial charge >= 0.3 is 0 Å². The average Bonchev–Trinajstić information content (AvgIpc) is 3.03. The second-order valence-electron chi connectivity index (χ2n) is 7.75. The lowest BCUT2D eigenvalue weighted by molar-refractivity contribution is 0.251. The summed E-state index contributed by atoms with van der Waals surface area (Å²) in [4.78, 5) is 9.55. The van der Waals surface area contributed by atoms with Gasteiger partial charge < -0.3 is 9.47 Å². The number of nitrogens with zero attached hydrogens (tertiary/aromatic N) is 4. The molecule has 0 aliphatic carbocycles. The molecule has 1 saturated heterocycles. The van der Waals surface area contributed by atoms with Crippen molar-refractivity contribution in [3.05, 3.63) is 59.4 Å². The summed E-state index contributed by atoms with van der Waals surface area (Å²) in [6.07, 6.45) is 3.61. The van der Waals surface area contributed by atoms with Gasteiger partial charge in [0.25, 0.3) is 0 Å². The number of unbranched alkanes of at least 4 members (excludes halogenated alkanes) is 2. The van der Waals surface area contributed by atoms with Gasteiger partial charge in [0.2, 0.25) is 5.28 Å². The summed E-state index contributed by atoms with van der Waals surface area (Å²) in [5, 5.41) is 0.605. The molecule has 1 aliphatic heterocycles. The largest absolute Gasteiger partial charge is 0.369 e. The molecule has 1 aliphatic rings. The van der Waals surface area contributed by atoms with Crippen LogP contribution in [0.3, 0.4) is 0 Å². The number of hydrogen-bond acceptors (Lipinski definition) is 3. The van der Waals surface area contributed by atoms with E-state index in [4.69, 9.17) is 11.6 Å². The molecule has 4 nitrogen and oxygen atoms in total. The molecule has 2 heterocycles. The second-order valence-corrected chi connectivity index (χ2v) is 8.09. The average molecular weight is 397 g/mol. The number of halogens is 1. The lowest BCUT2D eigenvalue weighted by Crippen LogP contribution is -2.46. The Labute approximate surface area is 172 Å². The third-order valence-corrected chi connectivity index (χ3v) is 5.99. The topological polar surface area (TPSA) is 24.3 Å². The minimum absolute atomic E-state index is 0.605. The number of aryl methyl sites for hydroxylation is 2. The van der Waals surface area contributed by atoms with Gasteiger partial charge in [-0.15, -0.1) is 0 Å². The van der Waals surface area contributed by atoms with Gasteiger partial charge in [0.15, 0.2) is 0 Å². The lowest BCUT2D eigenvalue weighted by Gasteiger charge is -2.36. The van der Waals surface area contributed by atoms with Crippen LogP contribution < -0.4 is 4.90 Å². The van der Waals surface area contributed by atoms with Gasteiger partial charge in [-0.2, -0.15) is 0 Å². The number of hydrogen-bond donors (Lipinski definition) is 0. The van der Waals surface area contributed by atoms with E-state index in [0.29, 0.717) is 5.28 Å². The van der Waals surface area contributed by atoms with Crippen molar-refractivity contribution in [2.75, 3.05) is 37.6 Å². The first-order valence-electron chi connectivity index (χ1n) is 10.4. The quantitative estimate of drug-likeness (QED) is 0.526. The van der Waals surface area contributed by atoms with Crippen LogP contribution in [0.2, 0.25) is 5.28 Å². The summed E-state index contributed by atoms with van der Waals surface area (Å²) in [6.45, 7) is 8.87. The highest BCUT2D eigenvalue weighted by molar-refractivity contribution is 6.29. The maximum atomic E-state index is 6.32. The first-order valence-corrected chi connectivity index (χ1v) is 10.7. The summed E-state index contributed by atoms with van der Waals surface area (Å²) in [7, 11) is 0. The Hall–Kier alpha value is -2.04. The van der Waals surface area contributed by atoms with Crippen LogP contribution in [-0.2, 0) is 6.54 Å². The van der Waals surface area contributed by atoms with Crippen molar-refractivity contribution >= 4 is 28.3 Å². The van der Waals surface area contributed by atoms with Crippen molar-refractivity contribution in [2.45, 2.75) is 32.7 Å².